The number of hydrogen-bond donors (Lipinski definition) is 1. The van der Waals surface area contributed by atoms with Gasteiger partial charge in [0.25, 0.3) is 5.56 Å². The van der Waals surface area contributed by atoms with Gasteiger partial charge in [-0.25, -0.2) is 4.98 Å². The van der Waals surface area contributed by atoms with Gasteiger partial charge < -0.3 is 4.98 Å². The van der Waals surface area contributed by atoms with Gasteiger partial charge in [0.15, 0.2) is 0 Å². The molecule has 2 aromatic heterocycles. The summed E-state index contributed by atoms with van der Waals surface area (Å²) in [5.41, 5.74) is 5.31. The SMILES string of the molecule is CCc1ccc(-c2csc3nc(-c4ccc(C)cc4)[nH]c(=O)c23)cc1. The first-order chi connectivity index (χ1) is 12.2. The van der Waals surface area contributed by atoms with Crippen molar-refractivity contribution in [2.75, 3.05) is 0 Å². The highest BCUT2D eigenvalue weighted by Gasteiger charge is 2.13. The minimum atomic E-state index is -0.0867. The molecule has 2 heterocycles. The lowest BCUT2D eigenvalue weighted by Crippen LogP contribution is -2.09. The van der Waals surface area contributed by atoms with E-state index < -0.39 is 0 Å². The van der Waals surface area contributed by atoms with Gasteiger partial charge >= 0.3 is 0 Å². The Labute approximate surface area is 150 Å². The Balaban J connectivity index is 1.84. The summed E-state index contributed by atoms with van der Waals surface area (Å²) in [4.78, 5) is 21.1. The molecular formula is C21H18N2OS. The van der Waals surface area contributed by atoms with Gasteiger partial charge in [-0.15, -0.1) is 11.3 Å². The predicted molar refractivity (Wildman–Crippen MR) is 105 cm³/mol. The highest BCUT2D eigenvalue weighted by Crippen LogP contribution is 2.31. The van der Waals surface area contributed by atoms with Crippen molar-refractivity contribution in [3.8, 4) is 22.5 Å². The third-order valence-corrected chi connectivity index (χ3v) is 5.31. The van der Waals surface area contributed by atoms with Crippen LogP contribution in [0.25, 0.3) is 32.7 Å². The Morgan fingerprint density at radius 2 is 1.68 bits per heavy atom. The van der Waals surface area contributed by atoms with Gasteiger partial charge in [-0.3, -0.25) is 4.79 Å². The summed E-state index contributed by atoms with van der Waals surface area (Å²) >= 11 is 1.51. The molecule has 0 saturated carbocycles. The molecule has 0 fully saturated rings. The van der Waals surface area contributed by atoms with Crippen LogP contribution in [0.3, 0.4) is 0 Å². The number of rotatable bonds is 3. The quantitative estimate of drug-likeness (QED) is 0.555. The van der Waals surface area contributed by atoms with Gasteiger partial charge in [0.1, 0.15) is 10.7 Å². The highest BCUT2D eigenvalue weighted by molar-refractivity contribution is 7.17. The number of aryl methyl sites for hydroxylation is 2. The molecule has 1 N–H and O–H groups in total. The maximum atomic E-state index is 12.7. The summed E-state index contributed by atoms with van der Waals surface area (Å²) in [5.74, 6) is 0.618. The van der Waals surface area contributed by atoms with Crippen LogP contribution in [-0.4, -0.2) is 9.97 Å². The average molecular weight is 346 g/mol. The van der Waals surface area contributed by atoms with Gasteiger partial charge in [0, 0.05) is 16.5 Å². The lowest BCUT2D eigenvalue weighted by atomic mass is 10.0. The first kappa shape index (κ1) is 15.8. The van der Waals surface area contributed by atoms with Crippen LogP contribution < -0.4 is 5.56 Å². The van der Waals surface area contributed by atoms with Crippen molar-refractivity contribution in [2.45, 2.75) is 20.3 Å². The molecule has 3 nitrogen and oxygen atoms in total. The molecule has 0 spiro atoms. The maximum absolute atomic E-state index is 12.7. The molecule has 4 aromatic rings. The number of fused-ring (bicyclic) bond motifs is 1. The van der Waals surface area contributed by atoms with Crippen LogP contribution in [-0.2, 0) is 6.42 Å². The van der Waals surface area contributed by atoms with Gasteiger partial charge in [-0.05, 0) is 24.5 Å². The van der Waals surface area contributed by atoms with Crippen LogP contribution in [0.15, 0.2) is 58.7 Å². The summed E-state index contributed by atoms with van der Waals surface area (Å²) in [7, 11) is 0. The number of aromatic nitrogens is 2. The summed E-state index contributed by atoms with van der Waals surface area (Å²) in [6, 6.07) is 16.4. The fourth-order valence-corrected chi connectivity index (χ4v) is 3.88. The molecule has 124 valence electrons. The smallest absolute Gasteiger partial charge is 0.260 e. The van der Waals surface area contributed by atoms with Gasteiger partial charge in [-0.1, -0.05) is 61.0 Å². The number of thiophene rings is 1. The van der Waals surface area contributed by atoms with Crippen LogP contribution in [0.4, 0.5) is 0 Å². The molecule has 0 amide bonds. The van der Waals surface area contributed by atoms with E-state index in [-0.39, 0.29) is 5.56 Å². The number of nitrogens with one attached hydrogen (secondary N) is 1. The molecule has 4 rings (SSSR count). The lowest BCUT2D eigenvalue weighted by Gasteiger charge is -2.04. The van der Waals surface area contributed by atoms with Crippen molar-refractivity contribution < 1.29 is 0 Å². The van der Waals surface area contributed by atoms with E-state index in [2.05, 4.69) is 41.2 Å². The Bertz CT molecular complexity index is 1090. The van der Waals surface area contributed by atoms with Crippen molar-refractivity contribution in [2.24, 2.45) is 0 Å². The van der Waals surface area contributed by atoms with Crippen molar-refractivity contribution in [3.63, 3.8) is 0 Å². The van der Waals surface area contributed by atoms with Crippen LogP contribution in [0.1, 0.15) is 18.1 Å². The number of aromatic amines is 1. The largest absolute Gasteiger partial charge is 0.306 e. The lowest BCUT2D eigenvalue weighted by molar-refractivity contribution is 1.14. The third kappa shape index (κ3) is 2.89. The molecule has 0 aliphatic heterocycles. The Morgan fingerprint density at radius 1 is 1.00 bits per heavy atom. The van der Waals surface area contributed by atoms with E-state index in [0.717, 1.165) is 27.9 Å². The van der Waals surface area contributed by atoms with Crippen LogP contribution in [0, 0.1) is 6.92 Å². The summed E-state index contributed by atoms with van der Waals surface area (Å²) < 4.78 is 0. The summed E-state index contributed by atoms with van der Waals surface area (Å²) in [5, 5.41) is 2.69. The fraction of sp³-hybridized carbons (Fsp3) is 0.143. The van der Waals surface area contributed by atoms with E-state index in [1.807, 2.05) is 36.6 Å². The van der Waals surface area contributed by atoms with Gasteiger partial charge in [0.2, 0.25) is 0 Å². The standard InChI is InChI=1S/C21H18N2OS/c1-3-14-6-10-15(11-7-14)17-12-25-21-18(17)20(24)22-19(23-21)16-8-4-13(2)5-9-16/h4-12H,3H2,1-2H3,(H,22,23,24). The molecule has 0 radical (unpaired) electrons. The minimum Gasteiger partial charge on any atom is -0.306 e. The zero-order valence-electron chi connectivity index (χ0n) is 14.2. The van der Waals surface area contributed by atoms with E-state index >= 15 is 0 Å². The summed E-state index contributed by atoms with van der Waals surface area (Å²) in [6.07, 6.45) is 1.01. The van der Waals surface area contributed by atoms with Crippen LogP contribution >= 0.6 is 11.3 Å². The van der Waals surface area contributed by atoms with Crippen molar-refractivity contribution in [3.05, 3.63) is 75.4 Å². The monoisotopic (exact) mass is 346 g/mol. The van der Waals surface area contributed by atoms with Gasteiger partial charge in [-0.2, -0.15) is 0 Å². The number of benzene rings is 2. The van der Waals surface area contributed by atoms with Gasteiger partial charge in [0.05, 0.1) is 5.39 Å². The molecule has 0 aliphatic rings. The zero-order chi connectivity index (χ0) is 17.4. The average Bonchev–Trinajstić information content (AvgIpc) is 3.07. The molecule has 0 unspecified atom stereocenters. The third-order valence-electron chi connectivity index (χ3n) is 4.44. The first-order valence-electron chi connectivity index (χ1n) is 8.33. The van der Waals surface area contributed by atoms with E-state index in [1.165, 1.54) is 22.5 Å². The zero-order valence-corrected chi connectivity index (χ0v) is 15.0. The van der Waals surface area contributed by atoms with Crippen molar-refractivity contribution in [1.82, 2.24) is 9.97 Å². The van der Waals surface area contributed by atoms with Crippen molar-refractivity contribution in [1.29, 1.82) is 0 Å². The van der Waals surface area contributed by atoms with E-state index in [0.29, 0.717) is 11.2 Å². The Hall–Kier alpha value is -2.72. The molecule has 2 aromatic carbocycles. The fourth-order valence-electron chi connectivity index (χ4n) is 2.93. The first-order valence-corrected chi connectivity index (χ1v) is 9.21. The second kappa shape index (κ2) is 6.30. The highest BCUT2D eigenvalue weighted by atomic mass is 32.1. The molecule has 0 aliphatic carbocycles. The van der Waals surface area contributed by atoms with E-state index in [9.17, 15) is 4.79 Å². The normalized spacial score (nSPS) is 11.1. The molecule has 4 heteroatoms. The Kier molecular flexibility index (Phi) is 3.98. The molecular weight excluding hydrogens is 328 g/mol. The molecule has 25 heavy (non-hydrogen) atoms. The Morgan fingerprint density at radius 3 is 2.36 bits per heavy atom. The summed E-state index contributed by atoms with van der Waals surface area (Å²) in [6.45, 7) is 4.18. The second-order valence-electron chi connectivity index (χ2n) is 6.16. The van der Waals surface area contributed by atoms with Crippen LogP contribution in [0.5, 0.6) is 0 Å². The predicted octanol–water partition coefficient (Wildman–Crippen LogP) is 5.19. The number of H-pyrrole nitrogens is 1. The molecule has 0 bridgehead atoms. The number of nitrogens with zero attached hydrogens (tertiary/aromatic N) is 1. The van der Waals surface area contributed by atoms with E-state index in [4.69, 9.17) is 0 Å². The number of hydrogen-bond acceptors (Lipinski definition) is 3. The second-order valence-corrected chi connectivity index (χ2v) is 7.02. The van der Waals surface area contributed by atoms with Crippen molar-refractivity contribution >= 4 is 21.6 Å². The molecule has 0 saturated heterocycles. The van der Waals surface area contributed by atoms with E-state index in [1.54, 1.807) is 0 Å². The van der Waals surface area contributed by atoms with Crippen LogP contribution in [0.2, 0.25) is 0 Å². The minimum absolute atomic E-state index is 0.0867. The topological polar surface area (TPSA) is 45.8 Å². The molecule has 0 atom stereocenters. The maximum Gasteiger partial charge on any atom is 0.260 e.